The number of nitrogens with two attached hydrogens (primary N) is 1. The largest absolute Gasteiger partial charge is 0.477 e. The summed E-state index contributed by atoms with van der Waals surface area (Å²) < 4.78 is 1.42. The highest BCUT2D eigenvalue weighted by Gasteiger charge is 2.29. The summed E-state index contributed by atoms with van der Waals surface area (Å²) in [6.07, 6.45) is 6.39. The van der Waals surface area contributed by atoms with Gasteiger partial charge in [0.25, 0.3) is 0 Å². The fraction of sp³-hybridized carbons (Fsp3) is 0.371. The maximum absolute atomic E-state index is 11.8. The number of piperidine rings is 1. The van der Waals surface area contributed by atoms with Crippen LogP contribution in [0.15, 0.2) is 48.7 Å². The zero-order valence-electron chi connectivity index (χ0n) is 25.4. The Kier molecular flexibility index (Phi) is 7.54. The Morgan fingerprint density at radius 3 is 2.47 bits per heavy atom. The number of aryl methyl sites for hydroxylation is 2. The van der Waals surface area contributed by atoms with Crippen molar-refractivity contribution in [1.82, 2.24) is 19.7 Å². The van der Waals surface area contributed by atoms with E-state index in [1.165, 1.54) is 44.3 Å². The van der Waals surface area contributed by atoms with Crippen LogP contribution in [0, 0.1) is 20.8 Å². The van der Waals surface area contributed by atoms with Crippen LogP contribution in [-0.2, 0) is 17.6 Å². The second kappa shape index (κ2) is 11.3. The predicted octanol–water partition coefficient (Wildman–Crippen LogP) is 6.14. The molecule has 0 spiro atoms. The molecule has 2 aromatic heterocycles. The molecule has 0 radical (unpaired) electrons. The van der Waals surface area contributed by atoms with Gasteiger partial charge < -0.3 is 15.7 Å². The van der Waals surface area contributed by atoms with Crippen LogP contribution < -0.4 is 5.73 Å². The number of likely N-dealkylation sites (tertiary alicyclic amines) is 1. The molecule has 4 aromatic rings. The van der Waals surface area contributed by atoms with Gasteiger partial charge in [-0.15, -0.1) is 0 Å². The highest BCUT2D eigenvalue weighted by molar-refractivity contribution is 5.92. The van der Waals surface area contributed by atoms with Crippen molar-refractivity contribution < 1.29 is 14.7 Å². The Morgan fingerprint density at radius 1 is 1.00 bits per heavy atom. The van der Waals surface area contributed by atoms with Crippen LogP contribution in [0.25, 0.3) is 17.1 Å². The molecule has 1 atom stereocenters. The third kappa shape index (κ3) is 5.19. The molecule has 8 nitrogen and oxygen atoms in total. The quantitative estimate of drug-likeness (QED) is 0.285. The third-order valence-corrected chi connectivity index (χ3v) is 9.74. The topological polar surface area (TPSA) is 114 Å². The van der Waals surface area contributed by atoms with E-state index in [1.807, 2.05) is 24.0 Å². The summed E-state index contributed by atoms with van der Waals surface area (Å²) in [5.41, 5.74) is 17.2. The lowest BCUT2D eigenvalue weighted by Crippen LogP contribution is -2.36. The zero-order chi connectivity index (χ0) is 30.4. The van der Waals surface area contributed by atoms with Gasteiger partial charge in [-0.2, -0.15) is 9.78 Å². The summed E-state index contributed by atoms with van der Waals surface area (Å²) in [7, 11) is 0. The first kappa shape index (κ1) is 28.6. The number of amides is 1. The zero-order valence-corrected chi connectivity index (χ0v) is 25.4. The van der Waals surface area contributed by atoms with Crippen LogP contribution in [0.1, 0.15) is 87.3 Å². The van der Waals surface area contributed by atoms with Gasteiger partial charge in [0.2, 0.25) is 5.91 Å². The molecule has 3 N–H and O–H groups in total. The fourth-order valence-corrected chi connectivity index (χ4v) is 7.12. The lowest BCUT2D eigenvalue weighted by molar-refractivity contribution is -0.129. The van der Waals surface area contributed by atoms with Gasteiger partial charge in [-0.05, 0) is 110 Å². The Labute approximate surface area is 252 Å². The van der Waals surface area contributed by atoms with E-state index in [4.69, 9.17) is 10.7 Å². The molecule has 0 saturated carbocycles. The average molecular weight is 578 g/mol. The van der Waals surface area contributed by atoms with Crippen molar-refractivity contribution in [2.75, 3.05) is 18.8 Å². The molecule has 6 rings (SSSR count). The van der Waals surface area contributed by atoms with Crippen molar-refractivity contribution >= 4 is 17.7 Å². The van der Waals surface area contributed by atoms with Crippen molar-refractivity contribution in [2.24, 2.45) is 0 Å². The number of hydrogen-bond donors (Lipinski definition) is 2. The molecule has 2 aromatic carbocycles. The van der Waals surface area contributed by atoms with Crippen LogP contribution >= 0.6 is 0 Å². The lowest BCUT2D eigenvalue weighted by Gasteiger charge is -2.32. The molecular formula is C35H39N5O3. The van der Waals surface area contributed by atoms with Crippen molar-refractivity contribution in [3.05, 3.63) is 93.2 Å². The summed E-state index contributed by atoms with van der Waals surface area (Å²) in [6, 6.07) is 15.2. The molecule has 222 valence electrons. The van der Waals surface area contributed by atoms with E-state index < -0.39 is 5.97 Å². The average Bonchev–Trinajstić information content (AvgIpc) is 3.59. The number of rotatable bonds is 6. The highest BCUT2D eigenvalue weighted by Crippen LogP contribution is 2.43. The van der Waals surface area contributed by atoms with E-state index >= 15 is 0 Å². The van der Waals surface area contributed by atoms with Gasteiger partial charge in [-0.1, -0.05) is 36.4 Å². The molecule has 1 amide bonds. The van der Waals surface area contributed by atoms with Gasteiger partial charge in [0.15, 0.2) is 5.82 Å². The molecule has 8 heteroatoms. The van der Waals surface area contributed by atoms with E-state index in [2.05, 4.69) is 49.3 Å². The first-order chi connectivity index (χ1) is 20.6. The Hall–Kier alpha value is -4.46. The number of nitrogen functional groups attached to an aromatic ring is 1. The number of carbonyl (C=O) groups is 2. The number of aromatic nitrogens is 3. The van der Waals surface area contributed by atoms with Crippen LogP contribution in [-0.4, -0.2) is 49.7 Å². The van der Waals surface area contributed by atoms with Gasteiger partial charge in [0.1, 0.15) is 11.4 Å². The monoisotopic (exact) mass is 577 g/mol. The number of nitrogens with zero attached hydrogens (tertiary/aromatic N) is 4. The molecule has 1 aliphatic heterocycles. The molecule has 3 heterocycles. The number of carboxylic acids is 1. The summed E-state index contributed by atoms with van der Waals surface area (Å²) in [4.78, 5) is 30.3. The molecule has 43 heavy (non-hydrogen) atoms. The smallest absolute Gasteiger partial charge is 0.341 e. The first-order valence-corrected chi connectivity index (χ1v) is 15.2. The number of fused-ring (bicyclic) bond motifs is 1. The van der Waals surface area contributed by atoms with Gasteiger partial charge in [0, 0.05) is 25.6 Å². The van der Waals surface area contributed by atoms with Crippen molar-refractivity contribution in [2.45, 2.75) is 71.6 Å². The number of aromatic carboxylic acids is 1. The van der Waals surface area contributed by atoms with Gasteiger partial charge >= 0.3 is 5.97 Å². The maximum atomic E-state index is 11.8. The fourth-order valence-electron chi connectivity index (χ4n) is 7.12. The van der Waals surface area contributed by atoms with Gasteiger partial charge in [-0.3, -0.25) is 4.79 Å². The molecule has 1 saturated heterocycles. The summed E-state index contributed by atoms with van der Waals surface area (Å²) in [5, 5.41) is 13.7. The molecule has 2 aliphatic rings. The van der Waals surface area contributed by atoms with E-state index in [0.717, 1.165) is 62.0 Å². The minimum atomic E-state index is -1.11. The number of pyridine rings is 1. The minimum Gasteiger partial charge on any atom is -0.477 e. The van der Waals surface area contributed by atoms with Crippen LogP contribution in [0.2, 0.25) is 0 Å². The standard InChI is InChI=1S/C35H39N5O3/c1-20-8-13-31(38-34(20)40-33(36)30(19-37-40)35(42)43)29-7-5-6-25-9-10-27(32(25)29)18-26-11-12-28(22(3)21(26)2)24-14-16-39(17-15-24)23(4)41/h5-8,11-13,19,24,27H,9-10,14-18,36H2,1-4H3,(H,42,43). The SMILES string of the molecule is CC(=O)N1CCC(c2ccc(CC3CCc4cccc(-c5ccc(C)c(-n6ncc(C(=O)O)c6N)n5)c43)c(C)c2C)CC1. The Bertz CT molecular complexity index is 1730. The molecule has 1 fully saturated rings. The van der Waals surface area contributed by atoms with Crippen molar-refractivity contribution in [3.63, 3.8) is 0 Å². The van der Waals surface area contributed by atoms with E-state index in [9.17, 15) is 14.7 Å². The lowest BCUT2D eigenvalue weighted by atomic mass is 9.82. The summed E-state index contributed by atoms with van der Waals surface area (Å²) in [6.45, 7) is 9.78. The predicted molar refractivity (Wildman–Crippen MR) is 168 cm³/mol. The number of carbonyl (C=O) groups excluding carboxylic acids is 1. The molecular weight excluding hydrogens is 538 g/mol. The Balaban J connectivity index is 1.30. The second-order valence-electron chi connectivity index (χ2n) is 12.2. The molecule has 1 unspecified atom stereocenters. The van der Waals surface area contributed by atoms with Gasteiger partial charge in [-0.25, -0.2) is 9.78 Å². The summed E-state index contributed by atoms with van der Waals surface area (Å²) in [5.74, 6) is 0.528. The number of anilines is 1. The number of hydrogen-bond acceptors (Lipinski definition) is 5. The first-order valence-electron chi connectivity index (χ1n) is 15.2. The van der Waals surface area contributed by atoms with E-state index in [1.54, 1.807) is 6.92 Å². The number of benzene rings is 2. The minimum absolute atomic E-state index is 0.0366. The van der Waals surface area contributed by atoms with Crippen molar-refractivity contribution in [1.29, 1.82) is 0 Å². The van der Waals surface area contributed by atoms with Crippen LogP contribution in [0.5, 0.6) is 0 Å². The summed E-state index contributed by atoms with van der Waals surface area (Å²) >= 11 is 0. The maximum Gasteiger partial charge on any atom is 0.341 e. The van der Waals surface area contributed by atoms with Crippen LogP contribution in [0.4, 0.5) is 5.82 Å². The molecule has 0 bridgehead atoms. The van der Waals surface area contributed by atoms with Crippen LogP contribution in [0.3, 0.4) is 0 Å². The Morgan fingerprint density at radius 2 is 1.77 bits per heavy atom. The van der Waals surface area contributed by atoms with Gasteiger partial charge in [0.05, 0.1) is 11.9 Å². The second-order valence-corrected chi connectivity index (χ2v) is 12.2. The van der Waals surface area contributed by atoms with E-state index in [-0.39, 0.29) is 17.3 Å². The van der Waals surface area contributed by atoms with E-state index in [0.29, 0.717) is 17.7 Å². The normalized spacial score (nSPS) is 16.8. The number of carboxylic acid groups (broad SMARTS) is 1. The van der Waals surface area contributed by atoms with Crippen molar-refractivity contribution in [3.8, 4) is 17.1 Å². The highest BCUT2D eigenvalue weighted by atomic mass is 16.4. The molecule has 1 aliphatic carbocycles. The third-order valence-electron chi connectivity index (χ3n) is 9.74.